The zero-order valence-corrected chi connectivity index (χ0v) is 12.7. The van der Waals surface area contributed by atoms with E-state index in [-0.39, 0.29) is 0 Å². The Balaban J connectivity index is 4.32. The molecule has 0 aliphatic carbocycles. The van der Waals surface area contributed by atoms with E-state index in [1.165, 1.54) is 0 Å². The molecule has 3 atom stereocenters. The van der Waals surface area contributed by atoms with Crippen LogP contribution in [0.3, 0.4) is 0 Å². The fourth-order valence-corrected chi connectivity index (χ4v) is 1.65. The van der Waals surface area contributed by atoms with Gasteiger partial charge >= 0.3 is 0 Å². The van der Waals surface area contributed by atoms with Crippen molar-refractivity contribution in [2.24, 2.45) is 11.8 Å². The minimum atomic E-state index is -0.853. The van der Waals surface area contributed by atoms with Crippen LogP contribution in [0.25, 0.3) is 0 Å². The van der Waals surface area contributed by atoms with Crippen LogP contribution in [-0.2, 0) is 0 Å². The zero-order chi connectivity index (χ0) is 14.4. The van der Waals surface area contributed by atoms with Crippen molar-refractivity contribution >= 4 is 0 Å². The van der Waals surface area contributed by atoms with E-state index in [1.54, 1.807) is 26.0 Å². The van der Waals surface area contributed by atoms with Crippen molar-refractivity contribution < 1.29 is 10.2 Å². The average Bonchev–Trinajstić information content (AvgIpc) is 2.22. The summed E-state index contributed by atoms with van der Waals surface area (Å²) >= 11 is 0. The lowest BCUT2D eigenvalue weighted by molar-refractivity contribution is 0.0780. The molecule has 0 aromatic rings. The molecule has 0 saturated heterocycles. The molecule has 1 radical (unpaired) electrons. The molecule has 0 amide bonds. The van der Waals surface area contributed by atoms with Crippen molar-refractivity contribution in [2.75, 3.05) is 0 Å². The molecule has 0 aromatic heterocycles. The van der Waals surface area contributed by atoms with Crippen LogP contribution in [0.15, 0.2) is 12.2 Å². The number of rotatable bonds is 8. The van der Waals surface area contributed by atoms with Crippen LogP contribution in [0, 0.1) is 18.8 Å². The highest BCUT2D eigenvalue weighted by Gasteiger charge is 2.21. The van der Waals surface area contributed by atoms with E-state index in [0.29, 0.717) is 18.3 Å². The summed E-state index contributed by atoms with van der Waals surface area (Å²) < 4.78 is 0. The average molecular weight is 255 g/mol. The van der Waals surface area contributed by atoms with E-state index in [4.69, 9.17) is 0 Å². The standard InChI is InChI=1S/C16H31O2/c1-13(2)7-9-15(5,17)11-12-16(6,18)10-8-14(3)4/h11-14,17-18H,1,7-10H2,2-6H3. The second kappa shape index (κ2) is 7.30. The molecular formula is C16H31O2. The molecule has 0 bridgehead atoms. The maximum absolute atomic E-state index is 10.2. The van der Waals surface area contributed by atoms with Gasteiger partial charge in [-0.05, 0) is 51.4 Å². The Morgan fingerprint density at radius 3 is 1.67 bits per heavy atom. The fraction of sp³-hybridized carbons (Fsp3) is 0.812. The Hall–Kier alpha value is -0.340. The maximum Gasteiger partial charge on any atom is 0.0800 e. The van der Waals surface area contributed by atoms with Crippen LogP contribution in [-0.4, -0.2) is 21.4 Å². The summed E-state index contributed by atoms with van der Waals surface area (Å²) in [6, 6.07) is 0. The highest BCUT2D eigenvalue weighted by molar-refractivity contribution is 5.06. The van der Waals surface area contributed by atoms with Crippen molar-refractivity contribution in [1.29, 1.82) is 0 Å². The van der Waals surface area contributed by atoms with Crippen LogP contribution in [0.5, 0.6) is 0 Å². The van der Waals surface area contributed by atoms with Crippen LogP contribution in [0.1, 0.15) is 60.3 Å². The van der Waals surface area contributed by atoms with Gasteiger partial charge in [-0.15, -0.1) is 0 Å². The molecule has 2 nitrogen and oxygen atoms in total. The first-order valence-electron chi connectivity index (χ1n) is 7.02. The summed E-state index contributed by atoms with van der Waals surface area (Å²) in [6.07, 6.45) is 6.73. The number of hydrogen-bond acceptors (Lipinski definition) is 2. The van der Waals surface area contributed by atoms with E-state index >= 15 is 0 Å². The lowest BCUT2D eigenvalue weighted by Crippen LogP contribution is -2.26. The van der Waals surface area contributed by atoms with E-state index in [1.807, 2.05) is 6.92 Å². The van der Waals surface area contributed by atoms with Crippen molar-refractivity contribution in [1.82, 2.24) is 0 Å². The van der Waals surface area contributed by atoms with Crippen molar-refractivity contribution in [2.45, 2.75) is 71.5 Å². The third-order valence-electron chi connectivity index (χ3n) is 3.17. The molecule has 0 aliphatic heterocycles. The Morgan fingerprint density at radius 1 is 0.944 bits per heavy atom. The summed E-state index contributed by atoms with van der Waals surface area (Å²) in [4.78, 5) is 0. The van der Waals surface area contributed by atoms with Crippen molar-refractivity contribution in [3.8, 4) is 0 Å². The number of hydrogen-bond donors (Lipinski definition) is 2. The normalized spacial score (nSPS) is 19.4. The summed E-state index contributed by atoms with van der Waals surface area (Å²) in [5, 5.41) is 20.4. The van der Waals surface area contributed by atoms with Gasteiger partial charge < -0.3 is 10.2 Å². The monoisotopic (exact) mass is 255 g/mol. The maximum atomic E-state index is 10.2. The smallest absolute Gasteiger partial charge is 0.0800 e. The highest BCUT2D eigenvalue weighted by Crippen LogP contribution is 2.22. The van der Waals surface area contributed by atoms with Gasteiger partial charge in [-0.25, -0.2) is 0 Å². The molecule has 3 unspecified atom stereocenters. The van der Waals surface area contributed by atoms with Crippen molar-refractivity contribution in [3.63, 3.8) is 0 Å². The van der Waals surface area contributed by atoms with Crippen molar-refractivity contribution in [3.05, 3.63) is 19.1 Å². The Labute approximate surface area is 113 Å². The molecule has 0 rings (SSSR count). The SMILES string of the molecule is [CH2]C(C)CCC(C)(O)C=CC(C)(O)CCC(C)C. The second-order valence-electron chi connectivity index (χ2n) is 6.62. The first-order chi connectivity index (χ1) is 8.04. The third-order valence-corrected chi connectivity index (χ3v) is 3.17. The molecule has 0 aliphatic rings. The highest BCUT2D eigenvalue weighted by atomic mass is 16.3. The molecule has 2 heteroatoms. The van der Waals surface area contributed by atoms with Crippen LogP contribution in [0.2, 0.25) is 0 Å². The topological polar surface area (TPSA) is 40.5 Å². The first kappa shape index (κ1) is 17.7. The zero-order valence-electron chi connectivity index (χ0n) is 12.7. The Morgan fingerprint density at radius 2 is 1.33 bits per heavy atom. The molecule has 0 heterocycles. The largest absolute Gasteiger partial charge is 0.386 e. The van der Waals surface area contributed by atoms with Gasteiger partial charge in [0.15, 0.2) is 0 Å². The first-order valence-corrected chi connectivity index (χ1v) is 7.02. The molecule has 0 spiro atoms. The summed E-state index contributed by atoms with van der Waals surface area (Å²) in [6.45, 7) is 13.8. The van der Waals surface area contributed by atoms with Gasteiger partial charge in [-0.3, -0.25) is 0 Å². The molecular weight excluding hydrogens is 224 g/mol. The molecule has 2 N–H and O–H groups in total. The van der Waals surface area contributed by atoms with Gasteiger partial charge in [0.1, 0.15) is 0 Å². The Bertz CT molecular complexity index is 224. The van der Waals surface area contributed by atoms with E-state index in [2.05, 4.69) is 20.8 Å². The second-order valence-corrected chi connectivity index (χ2v) is 6.62. The minimum Gasteiger partial charge on any atom is -0.386 e. The number of aliphatic hydroxyl groups is 2. The van der Waals surface area contributed by atoms with E-state index < -0.39 is 11.2 Å². The predicted octanol–water partition coefficient (Wildman–Crippen LogP) is 3.73. The Kier molecular flexibility index (Phi) is 7.16. The van der Waals surface area contributed by atoms with E-state index in [0.717, 1.165) is 19.3 Å². The van der Waals surface area contributed by atoms with Gasteiger partial charge in [0.05, 0.1) is 11.2 Å². The van der Waals surface area contributed by atoms with Gasteiger partial charge in [0, 0.05) is 0 Å². The fourth-order valence-electron chi connectivity index (χ4n) is 1.65. The predicted molar refractivity (Wildman–Crippen MR) is 78.2 cm³/mol. The summed E-state index contributed by atoms with van der Waals surface area (Å²) in [5.41, 5.74) is -1.68. The molecule has 0 saturated carbocycles. The van der Waals surface area contributed by atoms with Crippen LogP contribution in [0.4, 0.5) is 0 Å². The minimum absolute atomic E-state index is 0.339. The quantitative estimate of drug-likeness (QED) is 0.649. The van der Waals surface area contributed by atoms with Crippen LogP contribution >= 0.6 is 0 Å². The summed E-state index contributed by atoms with van der Waals surface area (Å²) in [5.74, 6) is 0.920. The van der Waals surface area contributed by atoms with Crippen LogP contribution < -0.4 is 0 Å². The lowest BCUT2D eigenvalue weighted by Gasteiger charge is -2.24. The summed E-state index contributed by atoms with van der Waals surface area (Å²) in [7, 11) is 0. The van der Waals surface area contributed by atoms with Gasteiger partial charge in [-0.1, -0.05) is 39.8 Å². The molecule has 18 heavy (non-hydrogen) atoms. The van der Waals surface area contributed by atoms with Gasteiger partial charge in [0.2, 0.25) is 0 Å². The van der Waals surface area contributed by atoms with E-state index in [9.17, 15) is 10.2 Å². The third kappa shape index (κ3) is 9.67. The molecule has 0 fully saturated rings. The van der Waals surface area contributed by atoms with Gasteiger partial charge in [0.25, 0.3) is 0 Å². The molecule has 0 aromatic carbocycles. The molecule has 107 valence electrons. The van der Waals surface area contributed by atoms with Gasteiger partial charge in [-0.2, -0.15) is 0 Å². The lowest BCUT2D eigenvalue weighted by atomic mass is 9.90.